The van der Waals surface area contributed by atoms with E-state index in [0.717, 1.165) is 68.8 Å². The number of aromatic nitrogens is 2. The molecule has 0 radical (unpaired) electrons. The Kier molecular flexibility index (Phi) is 13.1. The molecule has 0 aromatic carbocycles. The van der Waals surface area contributed by atoms with Crippen LogP contribution in [0, 0.1) is 0 Å². The van der Waals surface area contributed by atoms with E-state index in [1.165, 1.54) is 40.0 Å². The molecule has 2 fully saturated rings. The van der Waals surface area contributed by atoms with E-state index < -0.39 is 56.1 Å². The van der Waals surface area contributed by atoms with Crippen molar-refractivity contribution in [3.05, 3.63) is 22.7 Å². The lowest BCUT2D eigenvalue weighted by molar-refractivity contribution is -0.213. The second-order valence-corrected chi connectivity index (χ2v) is 13.3. The second-order valence-electron chi connectivity index (χ2n) is 11.4. The van der Waals surface area contributed by atoms with Crippen molar-refractivity contribution in [2.45, 2.75) is 135 Å². The molecule has 0 spiro atoms. The summed E-state index contributed by atoms with van der Waals surface area (Å²) in [4.78, 5) is 41.6. The maximum atomic E-state index is 15.9. The predicted octanol–water partition coefficient (Wildman–Crippen LogP) is 4.27. The lowest BCUT2D eigenvalue weighted by Crippen LogP contribution is -2.45. The SMILES string of the molecule is CC[C@@](F)(COP(=O)(N[C@@H](C)C(=O)OC1CCCCC1)N[C@@H](C)C(=O)OC1CCCCC1)O[C@H](C)n1ccc(N)nc1=O. The molecule has 0 saturated heterocycles. The van der Waals surface area contributed by atoms with Crippen molar-refractivity contribution in [3.63, 3.8) is 0 Å². The molecule has 0 amide bonds. The van der Waals surface area contributed by atoms with Crippen LogP contribution in [0.5, 0.6) is 0 Å². The minimum Gasteiger partial charge on any atom is -0.461 e. The first-order chi connectivity index (χ1) is 20.3. The highest BCUT2D eigenvalue weighted by Gasteiger charge is 2.39. The van der Waals surface area contributed by atoms with Crippen molar-refractivity contribution in [1.82, 2.24) is 19.7 Å². The average molecular weight is 632 g/mol. The number of nitrogen functional groups attached to an aromatic ring is 1. The molecule has 4 N–H and O–H groups in total. The second kappa shape index (κ2) is 16.1. The van der Waals surface area contributed by atoms with Crippen LogP contribution >= 0.6 is 7.67 Å². The van der Waals surface area contributed by atoms with E-state index in [2.05, 4.69) is 15.2 Å². The van der Waals surface area contributed by atoms with Gasteiger partial charge in [-0.2, -0.15) is 4.98 Å². The fourth-order valence-electron chi connectivity index (χ4n) is 5.10. The third-order valence-corrected chi connectivity index (χ3v) is 9.67. The van der Waals surface area contributed by atoms with Crippen LogP contribution in [0.2, 0.25) is 0 Å². The number of nitrogens with two attached hydrogens (primary N) is 1. The Morgan fingerprint density at radius 1 is 1.02 bits per heavy atom. The third kappa shape index (κ3) is 10.9. The van der Waals surface area contributed by atoms with Gasteiger partial charge in [-0.05, 0) is 78.2 Å². The Bertz CT molecular complexity index is 1130. The summed E-state index contributed by atoms with van der Waals surface area (Å²) in [5.41, 5.74) is 4.79. The van der Waals surface area contributed by atoms with Crippen LogP contribution in [0.4, 0.5) is 10.2 Å². The Balaban J connectivity index is 1.72. The molecule has 15 heteroatoms. The standard InChI is InChI=1S/C28H47FN5O8P/c1-5-28(29,42-21(4)34-17-16-24(30)31-27(34)37)18-39-43(38,32-19(2)25(35)40-22-12-8-6-9-13-22)33-20(3)26(36)41-23-14-10-7-11-15-23/h16-17,19-23H,5-15,18H2,1-4H3,(H2,30,31,37)(H2,32,33,38)/t19-,20-,21+,28-/m0/s1. The van der Waals surface area contributed by atoms with E-state index in [1.807, 2.05) is 0 Å². The van der Waals surface area contributed by atoms with Gasteiger partial charge in [0.2, 0.25) is 5.85 Å². The average Bonchev–Trinajstić information content (AvgIpc) is 2.97. The predicted molar refractivity (Wildman–Crippen MR) is 158 cm³/mol. The number of rotatable bonds is 15. The van der Waals surface area contributed by atoms with E-state index in [-0.39, 0.29) is 24.4 Å². The van der Waals surface area contributed by atoms with Gasteiger partial charge in [-0.15, -0.1) is 0 Å². The van der Waals surface area contributed by atoms with Gasteiger partial charge in [-0.25, -0.2) is 19.4 Å². The molecule has 3 rings (SSSR count). The van der Waals surface area contributed by atoms with Crippen LogP contribution in [-0.4, -0.2) is 58.2 Å². The summed E-state index contributed by atoms with van der Waals surface area (Å²) in [5, 5.41) is 5.22. The van der Waals surface area contributed by atoms with Gasteiger partial charge in [0.25, 0.3) is 0 Å². The maximum Gasteiger partial charge on any atom is 0.351 e. The molecule has 0 bridgehead atoms. The molecule has 244 valence electrons. The minimum atomic E-state index is -4.31. The van der Waals surface area contributed by atoms with E-state index in [9.17, 15) is 18.9 Å². The largest absolute Gasteiger partial charge is 0.461 e. The van der Waals surface area contributed by atoms with Crippen LogP contribution in [-0.2, 0) is 32.9 Å². The summed E-state index contributed by atoms with van der Waals surface area (Å²) >= 11 is 0. The summed E-state index contributed by atoms with van der Waals surface area (Å²) in [6, 6.07) is -0.860. The van der Waals surface area contributed by atoms with Gasteiger partial charge in [0.15, 0.2) is 0 Å². The van der Waals surface area contributed by atoms with Crippen LogP contribution in [0.15, 0.2) is 17.1 Å². The highest BCUT2D eigenvalue weighted by molar-refractivity contribution is 7.54. The molecular weight excluding hydrogens is 584 g/mol. The molecule has 1 aromatic heterocycles. The van der Waals surface area contributed by atoms with E-state index in [4.69, 9.17) is 24.5 Å². The van der Waals surface area contributed by atoms with Crippen molar-refractivity contribution < 1.29 is 37.3 Å². The van der Waals surface area contributed by atoms with Crippen molar-refractivity contribution in [3.8, 4) is 0 Å². The monoisotopic (exact) mass is 631 g/mol. The molecule has 2 aliphatic carbocycles. The summed E-state index contributed by atoms with van der Waals surface area (Å²) in [6.07, 6.45) is 8.46. The Morgan fingerprint density at radius 2 is 1.51 bits per heavy atom. The number of carbonyl (C=O) groups excluding carboxylic acids is 2. The van der Waals surface area contributed by atoms with Crippen LogP contribution in [0.1, 0.15) is 105 Å². The summed E-state index contributed by atoms with van der Waals surface area (Å²) in [7, 11) is -4.31. The highest BCUT2D eigenvalue weighted by atomic mass is 31.2. The minimum absolute atomic E-state index is 0.00383. The van der Waals surface area contributed by atoms with Crippen LogP contribution < -0.4 is 21.6 Å². The number of alkyl halides is 1. The Labute approximate surface area is 252 Å². The van der Waals surface area contributed by atoms with Gasteiger partial charge < -0.3 is 24.5 Å². The lowest BCUT2D eigenvalue weighted by Gasteiger charge is -2.32. The highest BCUT2D eigenvalue weighted by Crippen LogP contribution is 2.42. The molecule has 43 heavy (non-hydrogen) atoms. The van der Waals surface area contributed by atoms with Gasteiger partial charge in [0, 0.05) is 12.6 Å². The normalized spacial score (nSPS) is 20.5. The lowest BCUT2D eigenvalue weighted by atomic mass is 9.98. The molecule has 0 unspecified atom stereocenters. The topological polar surface area (TPSA) is 173 Å². The molecule has 13 nitrogen and oxygen atoms in total. The number of nitrogens with one attached hydrogen (secondary N) is 2. The van der Waals surface area contributed by atoms with Gasteiger partial charge in [-0.1, -0.05) is 19.8 Å². The molecule has 0 aliphatic heterocycles. The van der Waals surface area contributed by atoms with Gasteiger partial charge in [0.05, 0.1) is 0 Å². The molecular formula is C28H47FN5O8P. The van der Waals surface area contributed by atoms with E-state index in [1.54, 1.807) is 0 Å². The molecule has 4 atom stereocenters. The number of esters is 2. The van der Waals surface area contributed by atoms with Crippen molar-refractivity contribution >= 4 is 25.4 Å². The van der Waals surface area contributed by atoms with Gasteiger partial charge in [-0.3, -0.25) is 18.7 Å². The van der Waals surface area contributed by atoms with Crippen LogP contribution in [0.25, 0.3) is 0 Å². The fourth-order valence-corrected chi connectivity index (χ4v) is 6.93. The Morgan fingerprint density at radius 3 is 1.95 bits per heavy atom. The van der Waals surface area contributed by atoms with E-state index in [0.29, 0.717) is 0 Å². The first kappa shape index (κ1) is 35.1. The van der Waals surface area contributed by atoms with Crippen LogP contribution in [0.3, 0.4) is 0 Å². The van der Waals surface area contributed by atoms with Gasteiger partial charge >= 0.3 is 25.3 Å². The zero-order chi connectivity index (χ0) is 31.6. The Hall–Kier alpha value is -2.38. The molecule has 2 saturated carbocycles. The number of carbonyl (C=O) groups is 2. The number of hydrogen-bond acceptors (Lipinski definition) is 10. The number of nitrogens with zero attached hydrogens (tertiary/aromatic N) is 2. The zero-order valence-electron chi connectivity index (χ0n) is 25.6. The number of halogens is 1. The zero-order valence-corrected chi connectivity index (χ0v) is 26.5. The number of ether oxygens (including phenoxy) is 3. The van der Waals surface area contributed by atoms with Crippen molar-refractivity contribution in [2.75, 3.05) is 12.3 Å². The van der Waals surface area contributed by atoms with E-state index >= 15 is 4.39 Å². The summed E-state index contributed by atoms with van der Waals surface area (Å²) in [6.45, 7) is 4.97. The fraction of sp³-hybridized carbons (Fsp3) is 0.786. The first-order valence-electron chi connectivity index (χ1n) is 15.3. The van der Waals surface area contributed by atoms with Crippen molar-refractivity contribution in [2.24, 2.45) is 0 Å². The smallest absolute Gasteiger partial charge is 0.351 e. The maximum absolute atomic E-state index is 15.9. The molecule has 1 aromatic rings. The first-order valence-corrected chi connectivity index (χ1v) is 16.9. The molecule has 1 heterocycles. The number of hydrogen-bond donors (Lipinski definition) is 3. The van der Waals surface area contributed by atoms with Crippen molar-refractivity contribution in [1.29, 1.82) is 0 Å². The summed E-state index contributed by atoms with van der Waals surface area (Å²) < 4.78 is 53.4. The number of anilines is 1. The third-order valence-electron chi connectivity index (χ3n) is 7.72. The summed E-state index contributed by atoms with van der Waals surface area (Å²) in [5.74, 6) is -3.80. The van der Waals surface area contributed by atoms with Gasteiger partial charge in [0.1, 0.15) is 42.9 Å². The molecule has 2 aliphatic rings. The quantitative estimate of drug-likeness (QED) is 0.186.